The highest BCUT2D eigenvalue weighted by molar-refractivity contribution is 6.02. The minimum atomic E-state index is -0.264. The standard InChI is InChI=1S/C52H86N8O14/c1-55(2)50(62)40-46-10-11-56(41-49(61)54-48-9-5-7-45-6-3-4-8-47(45)48)12-13-57(42-51(63)59-16-20-65-24-28-69-32-36-73-37-33-70-29-25-66-21-17-59)14-15-58(44-53-46)43-52(64)60-18-22-67-26-30-71-34-38-74-39-35-72-31-27-68-23-19-60/h3-9,46,53H,10-44H2,1-2H3,(H,54,61). The molecule has 3 aliphatic heterocycles. The zero-order valence-electron chi connectivity index (χ0n) is 44.3. The molecule has 3 saturated heterocycles. The second kappa shape index (κ2) is 37.7. The number of nitrogens with one attached hydrogen (secondary N) is 2. The molecule has 5 rings (SSSR count). The molecule has 418 valence electrons. The summed E-state index contributed by atoms with van der Waals surface area (Å²) in [5.74, 6) is -0.408. The molecule has 3 aliphatic rings. The second-order valence-electron chi connectivity index (χ2n) is 18.4. The lowest BCUT2D eigenvalue weighted by Crippen LogP contribution is -2.52. The quantitative estimate of drug-likeness (QED) is 0.348. The van der Waals surface area contributed by atoms with E-state index in [4.69, 9.17) is 47.4 Å². The van der Waals surface area contributed by atoms with Gasteiger partial charge < -0.3 is 72.7 Å². The summed E-state index contributed by atoms with van der Waals surface area (Å²) < 4.78 is 57.2. The average molecular weight is 1050 g/mol. The summed E-state index contributed by atoms with van der Waals surface area (Å²) in [4.78, 5) is 67.3. The Hall–Kier alpha value is -3.98. The third kappa shape index (κ3) is 25.7. The molecule has 0 saturated carbocycles. The summed E-state index contributed by atoms with van der Waals surface area (Å²) in [7, 11) is 3.48. The van der Waals surface area contributed by atoms with Gasteiger partial charge in [-0.25, -0.2) is 0 Å². The summed E-state index contributed by atoms with van der Waals surface area (Å²) in [6.45, 7) is 12.2. The molecule has 0 aliphatic carbocycles. The molecule has 1 unspecified atom stereocenters. The maximum Gasteiger partial charge on any atom is 0.238 e. The maximum absolute atomic E-state index is 14.4. The molecule has 4 amide bonds. The largest absolute Gasteiger partial charge is 0.377 e. The van der Waals surface area contributed by atoms with Crippen molar-refractivity contribution in [3.8, 4) is 0 Å². The van der Waals surface area contributed by atoms with E-state index in [-0.39, 0.29) is 55.7 Å². The Morgan fingerprint density at radius 3 is 1.34 bits per heavy atom. The fraction of sp³-hybridized carbons (Fsp3) is 0.731. The van der Waals surface area contributed by atoms with Gasteiger partial charge >= 0.3 is 0 Å². The van der Waals surface area contributed by atoms with Gasteiger partial charge in [0, 0.05) is 103 Å². The topological polar surface area (TPSA) is 204 Å². The van der Waals surface area contributed by atoms with Gasteiger partial charge in [-0.2, -0.15) is 0 Å². The third-order valence-corrected chi connectivity index (χ3v) is 12.6. The van der Waals surface area contributed by atoms with Gasteiger partial charge in [0.15, 0.2) is 0 Å². The van der Waals surface area contributed by atoms with Gasteiger partial charge in [0.1, 0.15) is 0 Å². The molecule has 0 spiro atoms. The summed E-state index contributed by atoms with van der Waals surface area (Å²) in [5, 5.41) is 8.73. The molecule has 3 fully saturated rings. The van der Waals surface area contributed by atoms with Crippen LogP contribution in [0.2, 0.25) is 0 Å². The van der Waals surface area contributed by atoms with Crippen LogP contribution in [0.1, 0.15) is 12.8 Å². The number of anilines is 1. The van der Waals surface area contributed by atoms with Crippen molar-refractivity contribution < 1.29 is 66.5 Å². The Morgan fingerprint density at radius 2 is 0.878 bits per heavy atom. The first-order valence-corrected chi connectivity index (χ1v) is 26.5. The number of fused-ring (bicyclic) bond motifs is 1. The number of rotatable bonds is 9. The van der Waals surface area contributed by atoms with E-state index in [1.54, 1.807) is 28.8 Å². The van der Waals surface area contributed by atoms with E-state index in [1.807, 2.05) is 47.4 Å². The minimum Gasteiger partial charge on any atom is -0.377 e. The van der Waals surface area contributed by atoms with Crippen molar-refractivity contribution in [2.75, 3.05) is 237 Å². The number of nitrogens with zero attached hydrogens (tertiary/aromatic N) is 6. The lowest BCUT2D eigenvalue weighted by atomic mass is 10.1. The van der Waals surface area contributed by atoms with Gasteiger partial charge in [-0.05, 0) is 17.9 Å². The summed E-state index contributed by atoms with van der Waals surface area (Å²) in [6.07, 6.45) is 0.770. The van der Waals surface area contributed by atoms with E-state index in [0.717, 1.165) is 16.5 Å². The Labute approximate surface area is 438 Å². The fourth-order valence-corrected chi connectivity index (χ4v) is 8.28. The highest BCUT2D eigenvalue weighted by atomic mass is 16.6. The first kappa shape index (κ1) is 60.9. The van der Waals surface area contributed by atoms with Crippen molar-refractivity contribution >= 4 is 40.1 Å². The van der Waals surface area contributed by atoms with Gasteiger partial charge in [-0.1, -0.05) is 36.4 Å². The SMILES string of the molecule is CN(C)C(=O)CC1CCN(CC(=O)Nc2cccc3ccccc23)CCN(CC(=O)N2CCOCCOCCOCCOCCOCC2)CCN(CC(=O)N2CCOCCOCCOCCOCCOCC2)CN1. The van der Waals surface area contributed by atoms with Crippen LogP contribution in [0.5, 0.6) is 0 Å². The lowest BCUT2D eigenvalue weighted by Gasteiger charge is -2.34. The first-order chi connectivity index (χ1) is 36.2. The second-order valence-corrected chi connectivity index (χ2v) is 18.4. The van der Waals surface area contributed by atoms with Gasteiger partial charge in [0.25, 0.3) is 0 Å². The van der Waals surface area contributed by atoms with Crippen molar-refractivity contribution in [2.24, 2.45) is 0 Å². The Balaban J connectivity index is 1.33. The molecule has 3 heterocycles. The van der Waals surface area contributed by atoms with E-state index in [2.05, 4.69) is 20.4 Å². The monoisotopic (exact) mass is 1050 g/mol. The number of benzene rings is 2. The molecular weight excluding hydrogens is 961 g/mol. The van der Waals surface area contributed by atoms with Crippen LogP contribution in [0.4, 0.5) is 5.69 Å². The van der Waals surface area contributed by atoms with Crippen molar-refractivity contribution in [1.29, 1.82) is 0 Å². The normalized spacial score (nSPS) is 21.9. The van der Waals surface area contributed by atoms with E-state index in [1.165, 1.54) is 0 Å². The van der Waals surface area contributed by atoms with Crippen molar-refractivity contribution in [2.45, 2.75) is 18.9 Å². The fourth-order valence-electron chi connectivity index (χ4n) is 8.28. The minimum absolute atomic E-state index is 0.0354. The Kier molecular flexibility index (Phi) is 31.0. The van der Waals surface area contributed by atoms with E-state index in [9.17, 15) is 19.2 Å². The molecular formula is C52H86N8O14. The molecule has 0 radical (unpaired) electrons. The molecule has 2 aromatic carbocycles. The van der Waals surface area contributed by atoms with Gasteiger partial charge in [0.2, 0.25) is 23.6 Å². The molecule has 74 heavy (non-hydrogen) atoms. The Morgan fingerprint density at radius 1 is 0.486 bits per heavy atom. The molecule has 1 atom stereocenters. The highest BCUT2D eigenvalue weighted by Gasteiger charge is 2.26. The smallest absolute Gasteiger partial charge is 0.238 e. The summed E-state index contributed by atoms with van der Waals surface area (Å²) >= 11 is 0. The van der Waals surface area contributed by atoms with Crippen molar-refractivity contribution in [3.05, 3.63) is 42.5 Å². The number of carbonyl (C=O) groups excluding carboxylic acids is 4. The van der Waals surface area contributed by atoms with Crippen LogP contribution < -0.4 is 10.6 Å². The zero-order valence-corrected chi connectivity index (χ0v) is 44.3. The van der Waals surface area contributed by atoms with Crippen molar-refractivity contribution in [1.82, 2.24) is 34.7 Å². The summed E-state index contributed by atoms with van der Waals surface area (Å²) in [6, 6.07) is 13.5. The van der Waals surface area contributed by atoms with Crippen LogP contribution >= 0.6 is 0 Å². The average Bonchev–Trinajstić information content (AvgIpc) is 3.39. The lowest BCUT2D eigenvalue weighted by molar-refractivity contribution is -0.136. The molecule has 0 bridgehead atoms. The molecule has 22 heteroatoms. The molecule has 0 aromatic heterocycles. The predicted octanol–water partition coefficient (Wildman–Crippen LogP) is 0.332. The highest BCUT2D eigenvalue weighted by Crippen LogP contribution is 2.23. The first-order valence-electron chi connectivity index (χ1n) is 26.5. The van der Waals surface area contributed by atoms with Gasteiger partial charge in [0.05, 0.1) is 152 Å². The van der Waals surface area contributed by atoms with Crippen LogP contribution in [0.15, 0.2) is 42.5 Å². The predicted molar refractivity (Wildman–Crippen MR) is 278 cm³/mol. The van der Waals surface area contributed by atoms with Crippen LogP contribution in [-0.4, -0.2) is 291 Å². The van der Waals surface area contributed by atoms with Crippen molar-refractivity contribution in [3.63, 3.8) is 0 Å². The van der Waals surface area contributed by atoms with E-state index in [0.29, 0.717) is 204 Å². The number of amides is 4. The van der Waals surface area contributed by atoms with Gasteiger partial charge in [-0.15, -0.1) is 0 Å². The Bertz CT molecular complexity index is 1830. The van der Waals surface area contributed by atoms with Crippen LogP contribution in [0.3, 0.4) is 0 Å². The summed E-state index contributed by atoms with van der Waals surface area (Å²) in [5.41, 5.74) is 0.729. The van der Waals surface area contributed by atoms with Crippen LogP contribution in [0.25, 0.3) is 10.8 Å². The van der Waals surface area contributed by atoms with E-state index < -0.39 is 0 Å². The maximum atomic E-state index is 14.4. The molecule has 2 N–H and O–H groups in total. The number of ether oxygens (including phenoxy) is 10. The van der Waals surface area contributed by atoms with E-state index >= 15 is 0 Å². The molecule has 2 aromatic rings. The number of hydrogen-bond donors (Lipinski definition) is 2. The third-order valence-electron chi connectivity index (χ3n) is 12.6. The molecule has 22 nitrogen and oxygen atoms in total. The van der Waals surface area contributed by atoms with Crippen LogP contribution in [-0.2, 0) is 66.5 Å². The van der Waals surface area contributed by atoms with Gasteiger partial charge in [-0.3, -0.25) is 33.9 Å². The number of hydrogen-bond acceptors (Lipinski definition) is 18. The zero-order chi connectivity index (χ0) is 52.3. The number of carbonyl (C=O) groups is 4. The van der Waals surface area contributed by atoms with Crippen LogP contribution in [0, 0.1) is 0 Å².